The number of nitrogens with one attached hydrogen (secondary N) is 1. The number of nitrogens with zero attached hydrogens (tertiary/aromatic N) is 2. The van der Waals surface area contributed by atoms with Crippen molar-refractivity contribution in [3.63, 3.8) is 0 Å². The highest BCUT2D eigenvalue weighted by atomic mass is 16.3. The normalized spacial score (nSPS) is 14.1. The highest BCUT2D eigenvalue weighted by molar-refractivity contribution is 5.04. The molecule has 0 amide bonds. The number of rotatable bonds is 5. The monoisotopic (exact) mass is 227 g/mol. The van der Waals surface area contributed by atoms with Crippen molar-refractivity contribution >= 4 is 0 Å². The molecule has 5 heteroatoms. The van der Waals surface area contributed by atoms with Gasteiger partial charge in [-0.2, -0.15) is 5.10 Å². The molecule has 1 atom stereocenters. The van der Waals surface area contributed by atoms with Crippen LogP contribution in [0.1, 0.15) is 26.3 Å². The molecule has 1 unspecified atom stereocenters. The van der Waals surface area contributed by atoms with E-state index in [9.17, 15) is 0 Å². The maximum Gasteiger partial charge on any atom is 0.0895 e. The molecule has 1 rings (SSSR count). The lowest BCUT2D eigenvalue weighted by molar-refractivity contribution is 0.0942. The van der Waals surface area contributed by atoms with Crippen molar-refractivity contribution in [2.75, 3.05) is 13.2 Å². The summed E-state index contributed by atoms with van der Waals surface area (Å²) in [6.07, 6.45) is 3.10. The van der Waals surface area contributed by atoms with Crippen LogP contribution < -0.4 is 5.32 Å². The molecule has 0 saturated heterocycles. The largest absolute Gasteiger partial charge is 0.394 e. The SMILES string of the molecule is CC(C)(C)n1cc(CNCC(O)CO)cn1. The summed E-state index contributed by atoms with van der Waals surface area (Å²) < 4.78 is 1.91. The predicted molar refractivity (Wildman–Crippen MR) is 62.0 cm³/mol. The van der Waals surface area contributed by atoms with E-state index in [1.54, 1.807) is 0 Å². The summed E-state index contributed by atoms with van der Waals surface area (Å²) in [5, 5.41) is 25.1. The Morgan fingerprint density at radius 3 is 2.69 bits per heavy atom. The lowest BCUT2D eigenvalue weighted by atomic mass is 10.1. The van der Waals surface area contributed by atoms with Crippen LogP contribution in [0.2, 0.25) is 0 Å². The summed E-state index contributed by atoms with van der Waals surface area (Å²) in [4.78, 5) is 0. The first-order valence-corrected chi connectivity index (χ1v) is 5.47. The third-order valence-electron chi connectivity index (χ3n) is 2.24. The first-order chi connectivity index (χ1) is 7.43. The second-order valence-electron chi connectivity index (χ2n) is 4.93. The van der Waals surface area contributed by atoms with Crippen molar-refractivity contribution in [1.82, 2.24) is 15.1 Å². The van der Waals surface area contributed by atoms with Gasteiger partial charge in [-0.25, -0.2) is 0 Å². The standard InChI is InChI=1S/C11H21N3O2/c1-11(2,3)14-7-9(5-13-14)4-12-6-10(16)8-15/h5,7,10,12,15-16H,4,6,8H2,1-3H3. The Labute approximate surface area is 96.1 Å². The zero-order valence-corrected chi connectivity index (χ0v) is 10.1. The molecule has 1 heterocycles. The molecular formula is C11H21N3O2. The zero-order chi connectivity index (χ0) is 12.2. The van der Waals surface area contributed by atoms with Gasteiger partial charge in [-0.05, 0) is 20.8 Å². The Bertz CT molecular complexity index is 317. The Morgan fingerprint density at radius 1 is 1.50 bits per heavy atom. The maximum atomic E-state index is 9.14. The van der Waals surface area contributed by atoms with Gasteiger partial charge < -0.3 is 15.5 Å². The van der Waals surface area contributed by atoms with Crippen LogP contribution >= 0.6 is 0 Å². The van der Waals surface area contributed by atoms with Gasteiger partial charge in [0.1, 0.15) is 0 Å². The van der Waals surface area contributed by atoms with Gasteiger partial charge in [0.15, 0.2) is 0 Å². The number of hydrogen-bond donors (Lipinski definition) is 3. The van der Waals surface area contributed by atoms with E-state index in [1.807, 2.05) is 17.1 Å². The summed E-state index contributed by atoms with van der Waals surface area (Å²) in [7, 11) is 0. The third-order valence-corrected chi connectivity index (χ3v) is 2.24. The topological polar surface area (TPSA) is 70.3 Å². The second-order valence-corrected chi connectivity index (χ2v) is 4.93. The average Bonchev–Trinajstić information content (AvgIpc) is 2.65. The van der Waals surface area contributed by atoms with E-state index in [1.165, 1.54) is 0 Å². The van der Waals surface area contributed by atoms with E-state index in [-0.39, 0.29) is 12.1 Å². The van der Waals surface area contributed by atoms with E-state index in [0.717, 1.165) is 5.56 Å². The molecule has 0 spiro atoms. The lowest BCUT2D eigenvalue weighted by Gasteiger charge is -2.18. The van der Waals surface area contributed by atoms with Gasteiger partial charge in [-0.15, -0.1) is 0 Å². The number of hydrogen-bond acceptors (Lipinski definition) is 4. The maximum absolute atomic E-state index is 9.14. The van der Waals surface area contributed by atoms with Crippen molar-refractivity contribution < 1.29 is 10.2 Å². The molecule has 3 N–H and O–H groups in total. The summed E-state index contributed by atoms with van der Waals surface area (Å²) in [5.41, 5.74) is 1.06. The summed E-state index contributed by atoms with van der Waals surface area (Å²) in [6.45, 7) is 7.09. The van der Waals surface area contributed by atoms with Gasteiger partial charge in [0.05, 0.1) is 24.4 Å². The van der Waals surface area contributed by atoms with E-state index in [0.29, 0.717) is 13.1 Å². The molecule has 0 bridgehead atoms. The lowest BCUT2D eigenvalue weighted by Crippen LogP contribution is -2.28. The quantitative estimate of drug-likeness (QED) is 0.666. The number of aliphatic hydroxyl groups is 2. The van der Waals surface area contributed by atoms with Gasteiger partial charge >= 0.3 is 0 Å². The predicted octanol–water partition coefficient (Wildman–Crippen LogP) is 0.0809. The molecule has 0 saturated carbocycles. The Morgan fingerprint density at radius 2 is 2.19 bits per heavy atom. The molecule has 5 nitrogen and oxygen atoms in total. The fourth-order valence-electron chi connectivity index (χ4n) is 1.27. The van der Waals surface area contributed by atoms with E-state index < -0.39 is 6.10 Å². The second kappa shape index (κ2) is 5.43. The van der Waals surface area contributed by atoms with Gasteiger partial charge in [-0.3, -0.25) is 4.68 Å². The average molecular weight is 227 g/mol. The van der Waals surface area contributed by atoms with Crippen molar-refractivity contribution in [3.05, 3.63) is 18.0 Å². The van der Waals surface area contributed by atoms with Crippen LogP contribution in [-0.2, 0) is 12.1 Å². The first kappa shape index (κ1) is 13.2. The minimum atomic E-state index is -0.697. The Kier molecular flexibility index (Phi) is 4.46. The summed E-state index contributed by atoms with van der Waals surface area (Å²) in [5.74, 6) is 0. The first-order valence-electron chi connectivity index (χ1n) is 5.47. The molecule has 0 radical (unpaired) electrons. The molecule has 0 aliphatic rings. The molecule has 0 aliphatic carbocycles. The number of aromatic nitrogens is 2. The molecule has 0 aliphatic heterocycles. The van der Waals surface area contributed by atoms with Crippen LogP contribution in [0.4, 0.5) is 0 Å². The molecule has 92 valence electrons. The fraction of sp³-hybridized carbons (Fsp3) is 0.727. The fourth-order valence-corrected chi connectivity index (χ4v) is 1.27. The highest BCUT2D eigenvalue weighted by Crippen LogP contribution is 2.12. The van der Waals surface area contributed by atoms with Crippen LogP contribution in [-0.4, -0.2) is 39.2 Å². The van der Waals surface area contributed by atoms with Crippen LogP contribution in [0.3, 0.4) is 0 Å². The highest BCUT2D eigenvalue weighted by Gasteiger charge is 2.13. The molecule has 1 aromatic heterocycles. The Hall–Kier alpha value is -0.910. The minimum Gasteiger partial charge on any atom is -0.394 e. The van der Waals surface area contributed by atoms with Crippen molar-refractivity contribution in [2.45, 2.75) is 39.0 Å². The molecular weight excluding hydrogens is 206 g/mol. The molecule has 0 aromatic carbocycles. The third kappa shape index (κ3) is 3.92. The molecule has 1 aromatic rings. The zero-order valence-electron chi connectivity index (χ0n) is 10.1. The number of aliphatic hydroxyl groups excluding tert-OH is 2. The van der Waals surface area contributed by atoms with E-state index in [2.05, 4.69) is 31.2 Å². The summed E-state index contributed by atoms with van der Waals surface area (Å²) in [6, 6.07) is 0. The minimum absolute atomic E-state index is 0.0110. The van der Waals surface area contributed by atoms with E-state index in [4.69, 9.17) is 10.2 Å². The smallest absolute Gasteiger partial charge is 0.0895 e. The van der Waals surface area contributed by atoms with Gasteiger partial charge in [0, 0.05) is 24.8 Å². The Balaban J connectivity index is 2.41. The van der Waals surface area contributed by atoms with E-state index >= 15 is 0 Å². The van der Waals surface area contributed by atoms with Crippen molar-refractivity contribution in [3.8, 4) is 0 Å². The molecule has 16 heavy (non-hydrogen) atoms. The van der Waals surface area contributed by atoms with Crippen LogP contribution in [0, 0.1) is 0 Å². The van der Waals surface area contributed by atoms with Crippen molar-refractivity contribution in [2.24, 2.45) is 0 Å². The van der Waals surface area contributed by atoms with Crippen LogP contribution in [0.15, 0.2) is 12.4 Å². The van der Waals surface area contributed by atoms with Crippen LogP contribution in [0.25, 0.3) is 0 Å². The van der Waals surface area contributed by atoms with Gasteiger partial charge in [0.25, 0.3) is 0 Å². The van der Waals surface area contributed by atoms with Gasteiger partial charge in [0.2, 0.25) is 0 Å². The van der Waals surface area contributed by atoms with Gasteiger partial charge in [-0.1, -0.05) is 0 Å². The summed E-state index contributed by atoms with van der Waals surface area (Å²) >= 11 is 0. The molecule has 0 fully saturated rings. The van der Waals surface area contributed by atoms with Crippen molar-refractivity contribution in [1.29, 1.82) is 0 Å². The van der Waals surface area contributed by atoms with Crippen LogP contribution in [0.5, 0.6) is 0 Å².